The highest BCUT2D eigenvalue weighted by atomic mass is 15.3. The lowest BCUT2D eigenvalue weighted by atomic mass is 10.0. The van der Waals surface area contributed by atoms with E-state index in [2.05, 4.69) is 29.2 Å². The number of likely N-dealkylation sites (N-methyl/N-ethyl adjacent to an activating group) is 1. The van der Waals surface area contributed by atoms with E-state index in [1.165, 1.54) is 26.2 Å². The lowest BCUT2D eigenvalue weighted by Crippen LogP contribution is -2.68. The minimum atomic E-state index is 0.815. The Balaban J connectivity index is 1.70. The average molecular weight is 155 g/mol. The summed E-state index contributed by atoms with van der Waals surface area (Å²) >= 11 is 0. The molecule has 0 aliphatic carbocycles. The van der Waals surface area contributed by atoms with Crippen molar-refractivity contribution in [2.24, 2.45) is 0 Å². The summed E-state index contributed by atoms with van der Waals surface area (Å²) in [5.41, 5.74) is 0. The maximum absolute atomic E-state index is 3.30. The summed E-state index contributed by atoms with van der Waals surface area (Å²) in [6, 6.07) is 1.67. The molecule has 3 heteroatoms. The van der Waals surface area contributed by atoms with E-state index in [-0.39, 0.29) is 0 Å². The van der Waals surface area contributed by atoms with Crippen LogP contribution in [0, 0.1) is 0 Å². The fourth-order valence-corrected chi connectivity index (χ4v) is 1.64. The van der Waals surface area contributed by atoms with Crippen LogP contribution in [0.4, 0.5) is 0 Å². The van der Waals surface area contributed by atoms with Gasteiger partial charge in [0.25, 0.3) is 0 Å². The Hall–Kier alpha value is -0.120. The maximum Gasteiger partial charge on any atom is 0.0346 e. The van der Waals surface area contributed by atoms with E-state index in [1.807, 2.05) is 0 Å². The minimum Gasteiger partial charge on any atom is -0.314 e. The Morgan fingerprint density at radius 2 is 1.91 bits per heavy atom. The number of nitrogens with zero attached hydrogens (tertiary/aromatic N) is 2. The van der Waals surface area contributed by atoms with Crippen molar-refractivity contribution in [3.05, 3.63) is 0 Å². The molecular weight excluding hydrogens is 138 g/mol. The number of rotatable bonds is 2. The summed E-state index contributed by atoms with van der Waals surface area (Å²) in [6.07, 6.45) is 0. The highest BCUT2D eigenvalue weighted by Crippen LogP contribution is 2.17. The SMILES string of the molecule is CN(C)C1CN(C2CNC2)C1. The summed E-state index contributed by atoms with van der Waals surface area (Å²) in [6.45, 7) is 4.97. The fourth-order valence-electron chi connectivity index (χ4n) is 1.64. The van der Waals surface area contributed by atoms with Gasteiger partial charge in [0.15, 0.2) is 0 Å². The molecule has 0 atom stereocenters. The van der Waals surface area contributed by atoms with Gasteiger partial charge < -0.3 is 10.2 Å². The molecule has 2 rings (SSSR count). The summed E-state index contributed by atoms with van der Waals surface area (Å²) in [5, 5.41) is 3.30. The zero-order valence-corrected chi connectivity index (χ0v) is 7.38. The predicted molar refractivity (Wildman–Crippen MR) is 45.7 cm³/mol. The van der Waals surface area contributed by atoms with Gasteiger partial charge in [-0.3, -0.25) is 4.90 Å². The molecule has 3 nitrogen and oxygen atoms in total. The predicted octanol–water partition coefficient (Wildman–Crippen LogP) is -0.796. The summed E-state index contributed by atoms with van der Waals surface area (Å²) < 4.78 is 0. The molecule has 0 aromatic heterocycles. The molecule has 2 fully saturated rings. The lowest BCUT2D eigenvalue weighted by Gasteiger charge is -2.50. The van der Waals surface area contributed by atoms with Crippen LogP contribution in [0.3, 0.4) is 0 Å². The standard InChI is InChI=1S/C8H17N3/c1-10(2)8-5-11(6-8)7-3-9-4-7/h7-9H,3-6H2,1-2H3. The molecule has 0 saturated carbocycles. The summed E-state index contributed by atoms with van der Waals surface area (Å²) in [7, 11) is 4.34. The van der Waals surface area contributed by atoms with Crippen molar-refractivity contribution < 1.29 is 0 Å². The highest BCUT2D eigenvalue weighted by Gasteiger charge is 2.35. The van der Waals surface area contributed by atoms with Gasteiger partial charge in [0, 0.05) is 38.3 Å². The van der Waals surface area contributed by atoms with Crippen LogP contribution in [-0.4, -0.2) is 62.2 Å². The zero-order chi connectivity index (χ0) is 7.84. The van der Waals surface area contributed by atoms with Crippen molar-refractivity contribution in [2.75, 3.05) is 40.3 Å². The molecule has 2 heterocycles. The molecule has 0 unspecified atom stereocenters. The summed E-state index contributed by atoms with van der Waals surface area (Å²) in [4.78, 5) is 4.89. The van der Waals surface area contributed by atoms with Gasteiger partial charge in [-0.25, -0.2) is 0 Å². The zero-order valence-electron chi connectivity index (χ0n) is 7.38. The first-order chi connectivity index (χ1) is 5.27. The Morgan fingerprint density at radius 1 is 1.27 bits per heavy atom. The van der Waals surface area contributed by atoms with Crippen molar-refractivity contribution in [2.45, 2.75) is 12.1 Å². The van der Waals surface area contributed by atoms with Crippen LogP contribution in [0.5, 0.6) is 0 Å². The van der Waals surface area contributed by atoms with E-state index >= 15 is 0 Å². The number of hydrogen-bond donors (Lipinski definition) is 1. The van der Waals surface area contributed by atoms with Gasteiger partial charge in [-0.2, -0.15) is 0 Å². The number of nitrogens with one attached hydrogen (secondary N) is 1. The first kappa shape index (κ1) is 7.53. The minimum absolute atomic E-state index is 0.815. The summed E-state index contributed by atoms with van der Waals surface area (Å²) in [5.74, 6) is 0. The normalized spacial score (nSPS) is 28.6. The van der Waals surface area contributed by atoms with Crippen LogP contribution in [0.25, 0.3) is 0 Å². The third-order valence-electron chi connectivity index (χ3n) is 2.90. The van der Waals surface area contributed by atoms with Crippen LogP contribution in [0.1, 0.15) is 0 Å². The second-order valence-electron chi connectivity index (χ2n) is 3.88. The molecule has 0 radical (unpaired) electrons. The van der Waals surface area contributed by atoms with Gasteiger partial charge in [0.05, 0.1) is 0 Å². The van der Waals surface area contributed by atoms with Crippen LogP contribution >= 0.6 is 0 Å². The second kappa shape index (κ2) is 2.73. The van der Waals surface area contributed by atoms with E-state index in [0.29, 0.717) is 0 Å². The molecule has 64 valence electrons. The van der Waals surface area contributed by atoms with Crippen LogP contribution < -0.4 is 5.32 Å². The third-order valence-corrected chi connectivity index (χ3v) is 2.90. The average Bonchev–Trinajstić information content (AvgIpc) is 1.70. The van der Waals surface area contributed by atoms with E-state index in [0.717, 1.165) is 12.1 Å². The smallest absolute Gasteiger partial charge is 0.0346 e. The maximum atomic E-state index is 3.30. The van der Waals surface area contributed by atoms with Gasteiger partial charge in [0.2, 0.25) is 0 Å². The first-order valence-electron chi connectivity index (χ1n) is 4.38. The monoisotopic (exact) mass is 155 g/mol. The van der Waals surface area contributed by atoms with Gasteiger partial charge in [-0.15, -0.1) is 0 Å². The Bertz CT molecular complexity index is 136. The van der Waals surface area contributed by atoms with Crippen molar-refractivity contribution in [1.82, 2.24) is 15.1 Å². The number of likely N-dealkylation sites (tertiary alicyclic amines) is 1. The molecule has 2 aliphatic rings. The van der Waals surface area contributed by atoms with E-state index in [1.54, 1.807) is 0 Å². The van der Waals surface area contributed by atoms with Crippen LogP contribution in [-0.2, 0) is 0 Å². The van der Waals surface area contributed by atoms with Gasteiger partial charge in [-0.1, -0.05) is 0 Å². The van der Waals surface area contributed by atoms with Crippen LogP contribution in [0.15, 0.2) is 0 Å². The topological polar surface area (TPSA) is 18.5 Å². The second-order valence-corrected chi connectivity index (χ2v) is 3.88. The Morgan fingerprint density at radius 3 is 2.27 bits per heavy atom. The Kier molecular flexibility index (Phi) is 1.87. The van der Waals surface area contributed by atoms with E-state index < -0.39 is 0 Å². The molecular formula is C8H17N3. The van der Waals surface area contributed by atoms with Gasteiger partial charge in [0.1, 0.15) is 0 Å². The lowest BCUT2D eigenvalue weighted by molar-refractivity contribution is 0.00897. The molecule has 0 aromatic carbocycles. The molecule has 11 heavy (non-hydrogen) atoms. The molecule has 0 aromatic rings. The molecule has 0 bridgehead atoms. The van der Waals surface area contributed by atoms with Crippen molar-refractivity contribution in [1.29, 1.82) is 0 Å². The molecule has 0 amide bonds. The van der Waals surface area contributed by atoms with E-state index in [9.17, 15) is 0 Å². The molecule has 2 saturated heterocycles. The molecule has 1 N–H and O–H groups in total. The van der Waals surface area contributed by atoms with Crippen LogP contribution in [0.2, 0.25) is 0 Å². The quantitative estimate of drug-likeness (QED) is 0.563. The third kappa shape index (κ3) is 1.28. The van der Waals surface area contributed by atoms with Crippen molar-refractivity contribution >= 4 is 0 Å². The van der Waals surface area contributed by atoms with Gasteiger partial charge >= 0.3 is 0 Å². The number of hydrogen-bond acceptors (Lipinski definition) is 3. The molecule has 2 aliphatic heterocycles. The van der Waals surface area contributed by atoms with Crippen molar-refractivity contribution in [3.8, 4) is 0 Å². The highest BCUT2D eigenvalue weighted by molar-refractivity contribution is 4.95. The fraction of sp³-hybridized carbons (Fsp3) is 1.00. The largest absolute Gasteiger partial charge is 0.314 e. The molecule has 0 spiro atoms. The van der Waals surface area contributed by atoms with Crippen molar-refractivity contribution in [3.63, 3.8) is 0 Å². The van der Waals surface area contributed by atoms with Gasteiger partial charge in [-0.05, 0) is 14.1 Å². The van der Waals surface area contributed by atoms with E-state index in [4.69, 9.17) is 0 Å². The Labute approximate surface area is 68.4 Å². The first-order valence-corrected chi connectivity index (χ1v) is 4.38.